The third-order valence-corrected chi connectivity index (χ3v) is 2.44. The first-order valence-corrected chi connectivity index (χ1v) is 6.57. The molecule has 102 valence electrons. The Kier molecular flexibility index (Phi) is 6.76. The molecule has 0 aliphatic carbocycles. The van der Waals surface area contributed by atoms with Gasteiger partial charge in [0.05, 0.1) is 13.2 Å². The summed E-state index contributed by atoms with van der Waals surface area (Å²) in [5, 5.41) is 3.27. The van der Waals surface area contributed by atoms with E-state index < -0.39 is 0 Å². The van der Waals surface area contributed by atoms with Crippen LogP contribution in [0.15, 0.2) is 0 Å². The lowest BCUT2D eigenvalue weighted by molar-refractivity contribution is -0.143. The molecule has 0 atom stereocenters. The number of unbranched alkanes of at least 4 members (excludes halogenated alkanes) is 1. The Bertz CT molecular complexity index is 229. The van der Waals surface area contributed by atoms with Crippen LogP contribution in [0, 0.1) is 5.41 Å². The van der Waals surface area contributed by atoms with E-state index in [0.717, 1.165) is 19.3 Å². The number of ether oxygens (including phenoxy) is 1. The van der Waals surface area contributed by atoms with Crippen molar-refractivity contribution in [2.75, 3.05) is 13.2 Å². The van der Waals surface area contributed by atoms with Crippen LogP contribution in [0.2, 0.25) is 0 Å². The molecule has 3 heteroatoms. The number of carbonyl (C=O) groups is 1. The molecule has 1 N–H and O–H groups in total. The Hall–Kier alpha value is -0.570. The van der Waals surface area contributed by atoms with E-state index in [1.807, 2.05) is 0 Å². The lowest BCUT2D eigenvalue weighted by Gasteiger charge is -2.33. The van der Waals surface area contributed by atoms with Crippen LogP contribution in [-0.4, -0.2) is 24.7 Å². The molecule has 0 bridgehead atoms. The summed E-state index contributed by atoms with van der Waals surface area (Å²) in [6.07, 6.45) is 3.01. The van der Waals surface area contributed by atoms with Crippen molar-refractivity contribution in [2.45, 2.75) is 66.3 Å². The molecule has 0 amide bonds. The summed E-state index contributed by atoms with van der Waals surface area (Å²) in [5.41, 5.74) is 0.213. The second-order valence-corrected chi connectivity index (χ2v) is 6.55. The third kappa shape index (κ3) is 10.3. The Morgan fingerprint density at radius 1 is 1.18 bits per heavy atom. The van der Waals surface area contributed by atoms with Gasteiger partial charge in [0.1, 0.15) is 0 Å². The van der Waals surface area contributed by atoms with Gasteiger partial charge >= 0.3 is 5.97 Å². The topological polar surface area (TPSA) is 38.3 Å². The van der Waals surface area contributed by atoms with Gasteiger partial charge in [0.25, 0.3) is 0 Å². The van der Waals surface area contributed by atoms with E-state index in [2.05, 4.69) is 46.9 Å². The minimum atomic E-state index is -0.152. The van der Waals surface area contributed by atoms with Gasteiger partial charge in [-0.05, 0) is 32.1 Å². The Balaban J connectivity index is 3.88. The summed E-state index contributed by atoms with van der Waals surface area (Å²) in [6, 6.07) is 0. The van der Waals surface area contributed by atoms with Gasteiger partial charge in [-0.3, -0.25) is 4.79 Å². The first kappa shape index (κ1) is 16.4. The molecule has 0 aromatic heterocycles. The fourth-order valence-corrected chi connectivity index (χ4v) is 2.08. The minimum Gasteiger partial charge on any atom is -0.465 e. The van der Waals surface area contributed by atoms with Gasteiger partial charge in [0.15, 0.2) is 0 Å². The number of hydrogen-bond donors (Lipinski definition) is 1. The van der Waals surface area contributed by atoms with Crippen molar-refractivity contribution < 1.29 is 9.53 Å². The molecule has 0 aliphatic rings. The molecule has 0 spiro atoms. The second-order valence-electron chi connectivity index (χ2n) is 6.55. The maximum absolute atomic E-state index is 11.4. The van der Waals surface area contributed by atoms with Gasteiger partial charge < -0.3 is 10.1 Å². The van der Waals surface area contributed by atoms with Crippen LogP contribution in [0.5, 0.6) is 0 Å². The quantitative estimate of drug-likeness (QED) is 0.551. The van der Waals surface area contributed by atoms with E-state index in [1.165, 1.54) is 0 Å². The van der Waals surface area contributed by atoms with Crippen molar-refractivity contribution >= 4 is 5.97 Å². The summed E-state index contributed by atoms with van der Waals surface area (Å²) in [6.45, 7) is 13.8. The highest BCUT2D eigenvalue weighted by molar-refractivity contribution is 5.71. The summed E-state index contributed by atoms with van der Waals surface area (Å²) in [5.74, 6) is -0.152. The van der Waals surface area contributed by atoms with Crippen LogP contribution in [0.25, 0.3) is 0 Å². The average molecular weight is 243 g/mol. The van der Waals surface area contributed by atoms with E-state index in [4.69, 9.17) is 4.74 Å². The first-order chi connectivity index (χ1) is 7.66. The number of esters is 1. The summed E-state index contributed by atoms with van der Waals surface area (Å²) in [7, 11) is 0. The third-order valence-electron chi connectivity index (χ3n) is 2.44. The lowest BCUT2D eigenvalue weighted by Crippen LogP contribution is -2.45. The summed E-state index contributed by atoms with van der Waals surface area (Å²) >= 11 is 0. The van der Waals surface area contributed by atoms with Gasteiger partial charge in [-0.2, -0.15) is 0 Å². The van der Waals surface area contributed by atoms with Gasteiger partial charge in [-0.1, -0.05) is 34.1 Å². The monoisotopic (exact) mass is 243 g/mol. The Morgan fingerprint density at radius 3 is 2.24 bits per heavy atom. The van der Waals surface area contributed by atoms with E-state index in [-0.39, 0.29) is 16.9 Å². The zero-order valence-corrected chi connectivity index (χ0v) is 12.4. The van der Waals surface area contributed by atoms with E-state index in [0.29, 0.717) is 13.2 Å². The van der Waals surface area contributed by atoms with Crippen molar-refractivity contribution in [1.82, 2.24) is 5.32 Å². The molecule has 0 aromatic rings. The van der Waals surface area contributed by atoms with E-state index in [1.54, 1.807) is 0 Å². The first-order valence-electron chi connectivity index (χ1n) is 6.57. The molecule has 0 radical (unpaired) electrons. The maximum atomic E-state index is 11.4. The summed E-state index contributed by atoms with van der Waals surface area (Å²) in [4.78, 5) is 11.4. The average Bonchev–Trinajstić information content (AvgIpc) is 2.12. The standard InChI is InChI=1S/C14H29NO2/c1-7-8-9-17-12(16)10-15-14(5,6)11-13(2,3)4/h15H,7-11H2,1-6H3. The molecular weight excluding hydrogens is 214 g/mol. The Morgan fingerprint density at radius 2 is 1.76 bits per heavy atom. The van der Waals surface area contributed by atoms with Gasteiger partial charge in [0, 0.05) is 5.54 Å². The normalized spacial score (nSPS) is 12.6. The smallest absolute Gasteiger partial charge is 0.319 e. The molecule has 0 saturated carbocycles. The largest absolute Gasteiger partial charge is 0.465 e. The molecule has 0 heterocycles. The van der Waals surface area contributed by atoms with Crippen molar-refractivity contribution in [2.24, 2.45) is 5.41 Å². The highest BCUT2D eigenvalue weighted by atomic mass is 16.5. The molecular formula is C14H29NO2. The van der Waals surface area contributed by atoms with Crippen molar-refractivity contribution in [3.63, 3.8) is 0 Å². The second kappa shape index (κ2) is 7.00. The van der Waals surface area contributed by atoms with Crippen LogP contribution in [0.1, 0.15) is 60.8 Å². The molecule has 0 aliphatic heterocycles. The van der Waals surface area contributed by atoms with Crippen molar-refractivity contribution in [3.8, 4) is 0 Å². The maximum Gasteiger partial charge on any atom is 0.319 e. The van der Waals surface area contributed by atoms with Crippen LogP contribution in [-0.2, 0) is 9.53 Å². The highest BCUT2D eigenvalue weighted by Gasteiger charge is 2.25. The van der Waals surface area contributed by atoms with Crippen LogP contribution >= 0.6 is 0 Å². The fraction of sp³-hybridized carbons (Fsp3) is 0.929. The summed E-state index contributed by atoms with van der Waals surface area (Å²) < 4.78 is 5.11. The SMILES string of the molecule is CCCCOC(=O)CNC(C)(C)CC(C)(C)C. The lowest BCUT2D eigenvalue weighted by atomic mass is 9.82. The predicted octanol–water partition coefficient (Wildman–Crippen LogP) is 3.13. The van der Waals surface area contributed by atoms with Gasteiger partial charge in [0.2, 0.25) is 0 Å². The zero-order valence-electron chi connectivity index (χ0n) is 12.4. The van der Waals surface area contributed by atoms with E-state index in [9.17, 15) is 4.79 Å². The minimum absolute atomic E-state index is 0.0397. The van der Waals surface area contributed by atoms with Crippen molar-refractivity contribution in [1.29, 1.82) is 0 Å². The van der Waals surface area contributed by atoms with E-state index >= 15 is 0 Å². The predicted molar refractivity (Wildman–Crippen MR) is 72.0 cm³/mol. The number of carbonyl (C=O) groups excluding carboxylic acids is 1. The molecule has 3 nitrogen and oxygen atoms in total. The zero-order chi connectivity index (χ0) is 13.5. The molecule has 17 heavy (non-hydrogen) atoms. The highest BCUT2D eigenvalue weighted by Crippen LogP contribution is 2.26. The fourth-order valence-electron chi connectivity index (χ4n) is 2.08. The van der Waals surface area contributed by atoms with Crippen molar-refractivity contribution in [3.05, 3.63) is 0 Å². The van der Waals surface area contributed by atoms with Gasteiger partial charge in [-0.25, -0.2) is 0 Å². The number of rotatable bonds is 7. The molecule has 0 unspecified atom stereocenters. The number of nitrogens with one attached hydrogen (secondary N) is 1. The van der Waals surface area contributed by atoms with Crippen LogP contribution < -0.4 is 5.32 Å². The molecule has 0 rings (SSSR count). The van der Waals surface area contributed by atoms with Crippen LogP contribution in [0.3, 0.4) is 0 Å². The molecule has 0 saturated heterocycles. The molecule has 0 aromatic carbocycles. The van der Waals surface area contributed by atoms with Gasteiger partial charge in [-0.15, -0.1) is 0 Å². The Labute approximate surface area is 106 Å². The number of hydrogen-bond acceptors (Lipinski definition) is 3. The molecule has 0 fully saturated rings. The van der Waals surface area contributed by atoms with Crippen LogP contribution in [0.4, 0.5) is 0 Å².